The number of urea groups is 1. The number of nitrogens with zero attached hydrogens (tertiary/aromatic N) is 3. The number of pyridine rings is 1. The fourth-order valence-corrected chi connectivity index (χ4v) is 3.75. The van der Waals surface area contributed by atoms with Crippen molar-refractivity contribution in [1.29, 1.82) is 0 Å². The molecule has 2 aliphatic heterocycles. The lowest BCUT2D eigenvalue weighted by Gasteiger charge is -2.37. The van der Waals surface area contributed by atoms with Crippen molar-refractivity contribution in [2.75, 3.05) is 32.7 Å². The molecular formula is C19H30N4O2. The van der Waals surface area contributed by atoms with Crippen LogP contribution in [0, 0.1) is 0 Å². The van der Waals surface area contributed by atoms with Gasteiger partial charge in [0.25, 0.3) is 0 Å². The molecule has 3 rings (SSSR count). The maximum atomic E-state index is 12.5. The Morgan fingerprint density at radius 2 is 1.84 bits per heavy atom. The molecule has 0 radical (unpaired) electrons. The number of hydrogen-bond donors (Lipinski definition) is 1. The SMILES string of the molecule is C[C@@H]1CN(C(=O)NC2CCN(CCc3ccncc3)CC2)C[C@H](C)O1. The van der Waals surface area contributed by atoms with Crippen LogP contribution < -0.4 is 5.32 Å². The van der Waals surface area contributed by atoms with Gasteiger partial charge in [0.2, 0.25) is 0 Å². The maximum absolute atomic E-state index is 12.5. The standard InChI is InChI=1S/C19H30N4O2/c1-15-13-23(14-16(2)25-15)19(24)21-18-6-11-22(12-7-18)10-5-17-3-8-20-9-4-17/h3-4,8-9,15-16,18H,5-7,10-14H2,1-2H3,(H,21,24)/t15-,16+. The van der Waals surface area contributed by atoms with Crippen LogP contribution in [-0.2, 0) is 11.2 Å². The lowest BCUT2D eigenvalue weighted by atomic mass is 10.0. The zero-order chi connectivity index (χ0) is 17.6. The topological polar surface area (TPSA) is 57.7 Å². The number of rotatable bonds is 4. The van der Waals surface area contributed by atoms with Gasteiger partial charge < -0.3 is 19.9 Å². The van der Waals surface area contributed by atoms with Gasteiger partial charge in [-0.1, -0.05) is 0 Å². The molecule has 6 heteroatoms. The number of likely N-dealkylation sites (tertiary alicyclic amines) is 1. The molecule has 1 N–H and O–H groups in total. The first kappa shape index (κ1) is 18.1. The highest BCUT2D eigenvalue weighted by Crippen LogP contribution is 2.14. The van der Waals surface area contributed by atoms with Crippen molar-refractivity contribution < 1.29 is 9.53 Å². The van der Waals surface area contributed by atoms with Crippen molar-refractivity contribution in [3.8, 4) is 0 Å². The highest BCUT2D eigenvalue weighted by molar-refractivity contribution is 5.74. The lowest BCUT2D eigenvalue weighted by molar-refractivity contribution is -0.0549. The molecule has 2 saturated heterocycles. The first-order valence-corrected chi connectivity index (χ1v) is 9.42. The number of hydrogen-bond acceptors (Lipinski definition) is 4. The van der Waals surface area contributed by atoms with E-state index in [0.29, 0.717) is 13.1 Å². The van der Waals surface area contributed by atoms with Crippen LogP contribution >= 0.6 is 0 Å². The third kappa shape index (κ3) is 5.41. The van der Waals surface area contributed by atoms with Gasteiger partial charge in [0.1, 0.15) is 0 Å². The second-order valence-corrected chi connectivity index (χ2v) is 7.33. The van der Waals surface area contributed by atoms with E-state index >= 15 is 0 Å². The van der Waals surface area contributed by atoms with Crippen LogP contribution in [0.4, 0.5) is 4.79 Å². The monoisotopic (exact) mass is 346 g/mol. The predicted molar refractivity (Wildman–Crippen MR) is 97.5 cm³/mol. The summed E-state index contributed by atoms with van der Waals surface area (Å²) in [6, 6.07) is 4.52. The van der Waals surface area contributed by atoms with Gasteiger partial charge in [0.05, 0.1) is 12.2 Å². The molecular weight excluding hydrogens is 316 g/mol. The Morgan fingerprint density at radius 3 is 2.48 bits per heavy atom. The normalized spacial score (nSPS) is 25.8. The zero-order valence-electron chi connectivity index (χ0n) is 15.4. The van der Waals surface area contributed by atoms with Gasteiger partial charge in [-0.15, -0.1) is 0 Å². The van der Waals surface area contributed by atoms with Crippen molar-refractivity contribution in [1.82, 2.24) is 20.1 Å². The van der Waals surface area contributed by atoms with Gasteiger partial charge in [-0.05, 0) is 50.8 Å². The van der Waals surface area contributed by atoms with Gasteiger partial charge >= 0.3 is 6.03 Å². The van der Waals surface area contributed by atoms with E-state index in [1.165, 1.54) is 5.56 Å². The fourth-order valence-electron chi connectivity index (χ4n) is 3.75. The first-order valence-electron chi connectivity index (χ1n) is 9.42. The molecule has 0 unspecified atom stereocenters. The van der Waals surface area contributed by atoms with Crippen molar-refractivity contribution in [2.45, 2.75) is 51.4 Å². The molecule has 1 aromatic heterocycles. The average Bonchev–Trinajstić information content (AvgIpc) is 2.61. The number of nitrogens with one attached hydrogen (secondary N) is 1. The highest BCUT2D eigenvalue weighted by Gasteiger charge is 2.28. The van der Waals surface area contributed by atoms with Crippen molar-refractivity contribution in [2.24, 2.45) is 0 Å². The second kappa shape index (κ2) is 8.63. The van der Waals surface area contributed by atoms with Gasteiger partial charge in [-0.2, -0.15) is 0 Å². The molecule has 0 spiro atoms. The van der Waals surface area contributed by atoms with E-state index in [1.807, 2.05) is 31.1 Å². The average molecular weight is 346 g/mol. The Labute approximate surface area is 150 Å². The minimum atomic E-state index is 0.0669. The highest BCUT2D eigenvalue weighted by atomic mass is 16.5. The number of ether oxygens (including phenoxy) is 1. The fraction of sp³-hybridized carbons (Fsp3) is 0.684. The van der Waals surface area contributed by atoms with Crippen molar-refractivity contribution in [3.63, 3.8) is 0 Å². The third-order valence-electron chi connectivity index (χ3n) is 5.09. The minimum absolute atomic E-state index is 0.0669. The summed E-state index contributed by atoms with van der Waals surface area (Å²) in [5, 5.41) is 3.22. The number of morpholine rings is 1. The Balaban J connectivity index is 1.38. The van der Waals surface area contributed by atoms with Gasteiger partial charge in [0.15, 0.2) is 0 Å². The molecule has 0 bridgehead atoms. The molecule has 6 nitrogen and oxygen atoms in total. The molecule has 3 heterocycles. The predicted octanol–water partition coefficient (Wildman–Crippen LogP) is 1.91. The van der Waals surface area contributed by atoms with Crippen LogP contribution in [0.2, 0.25) is 0 Å². The smallest absolute Gasteiger partial charge is 0.317 e. The molecule has 2 atom stereocenters. The van der Waals surface area contributed by atoms with E-state index in [-0.39, 0.29) is 24.3 Å². The maximum Gasteiger partial charge on any atom is 0.317 e. The Bertz CT molecular complexity index is 536. The Kier molecular flexibility index (Phi) is 6.26. The summed E-state index contributed by atoms with van der Waals surface area (Å²) in [4.78, 5) is 20.9. The van der Waals surface area contributed by atoms with E-state index in [2.05, 4.69) is 27.3 Å². The molecule has 138 valence electrons. The minimum Gasteiger partial charge on any atom is -0.372 e. The summed E-state index contributed by atoms with van der Waals surface area (Å²) in [6.07, 6.45) is 7.04. The number of amides is 2. The Hall–Kier alpha value is -1.66. The quantitative estimate of drug-likeness (QED) is 0.905. The summed E-state index contributed by atoms with van der Waals surface area (Å²) in [7, 11) is 0. The summed E-state index contributed by atoms with van der Waals surface area (Å²) >= 11 is 0. The number of aromatic nitrogens is 1. The van der Waals surface area contributed by atoms with E-state index in [0.717, 1.165) is 38.9 Å². The van der Waals surface area contributed by atoms with Crippen LogP contribution in [0.3, 0.4) is 0 Å². The van der Waals surface area contributed by atoms with Crippen LogP contribution in [0.25, 0.3) is 0 Å². The molecule has 1 aromatic rings. The lowest BCUT2D eigenvalue weighted by Crippen LogP contribution is -2.55. The van der Waals surface area contributed by atoms with E-state index < -0.39 is 0 Å². The van der Waals surface area contributed by atoms with Gasteiger partial charge in [0, 0.05) is 51.2 Å². The first-order chi connectivity index (χ1) is 12.1. The molecule has 2 fully saturated rings. The Morgan fingerprint density at radius 1 is 1.20 bits per heavy atom. The summed E-state index contributed by atoms with van der Waals surface area (Å²) < 4.78 is 5.70. The van der Waals surface area contributed by atoms with Crippen LogP contribution in [0.15, 0.2) is 24.5 Å². The van der Waals surface area contributed by atoms with Gasteiger partial charge in [-0.25, -0.2) is 4.79 Å². The number of piperidine rings is 1. The van der Waals surface area contributed by atoms with Crippen LogP contribution in [0.1, 0.15) is 32.3 Å². The van der Waals surface area contributed by atoms with E-state index in [1.54, 1.807) is 0 Å². The van der Waals surface area contributed by atoms with Crippen LogP contribution in [0.5, 0.6) is 0 Å². The molecule has 2 amide bonds. The van der Waals surface area contributed by atoms with E-state index in [9.17, 15) is 4.79 Å². The van der Waals surface area contributed by atoms with E-state index in [4.69, 9.17) is 4.74 Å². The van der Waals surface area contributed by atoms with Crippen molar-refractivity contribution >= 4 is 6.03 Å². The zero-order valence-corrected chi connectivity index (χ0v) is 15.4. The largest absolute Gasteiger partial charge is 0.372 e. The number of carbonyl (C=O) groups is 1. The number of carbonyl (C=O) groups excluding carboxylic acids is 1. The molecule has 0 aliphatic carbocycles. The summed E-state index contributed by atoms with van der Waals surface area (Å²) in [5.74, 6) is 0. The molecule has 0 aromatic carbocycles. The van der Waals surface area contributed by atoms with Crippen molar-refractivity contribution in [3.05, 3.63) is 30.1 Å². The molecule has 2 aliphatic rings. The third-order valence-corrected chi connectivity index (χ3v) is 5.09. The molecule has 25 heavy (non-hydrogen) atoms. The summed E-state index contributed by atoms with van der Waals surface area (Å²) in [6.45, 7) is 8.58. The summed E-state index contributed by atoms with van der Waals surface area (Å²) in [5.41, 5.74) is 1.33. The molecule has 0 saturated carbocycles. The van der Waals surface area contributed by atoms with Gasteiger partial charge in [-0.3, -0.25) is 4.98 Å². The second-order valence-electron chi connectivity index (χ2n) is 7.33. The van der Waals surface area contributed by atoms with Crippen LogP contribution in [-0.4, -0.2) is 71.8 Å².